The minimum Gasteiger partial charge on any atom is -0.348 e. The second kappa shape index (κ2) is 9.93. The maximum absolute atomic E-state index is 15.2. The van der Waals surface area contributed by atoms with Crippen molar-refractivity contribution in [2.24, 2.45) is 0 Å². The van der Waals surface area contributed by atoms with Crippen molar-refractivity contribution in [1.29, 1.82) is 5.26 Å². The number of aromatic nitrogens is 3. The fraction of sp³-hybridized carbons (Fsp3) is 0.185. The number of nitriles is 1. The van der Waals surface area contributed by atoms with Gasteiger partial charge in [0, 0.05) is 28.7 Å². The van der Waals surface area contributed by atoms with Crippen LogP contribution in [0.25, 0.3) is 10.9 Å². The summed E-state index contributed by atoms with van der Waals surface area (Å²) in [5, 5.41) is 18.9. The molecule has 2 amide bonds. The van der Waals surface area contributed by atoms with Crippen molar-refractivity contribution in [3.05, 3.63) is 83.1 Å². The number of carbonyl (C=O) groups is 2. The van der Waals surface area contributed by atoms with Gasteiger partial charge in [-0.2, -0.15) is 23.5 Å². The van der Waals surface area contributed by atoms with Crippen LogP contribution in [0.1, 0.15) is 41.0 Å². The molecule has 5 rings (SSSR count). The van der Waals surface area contributed by atoms with Crippen LogP contribution in [0.4, 0.5) is 28.9 Å². The summed E-state index contributed by atoms with van der Waals surface area (Å²) >= 11 is 5.46. The minimum absolute atomic E-state index is 0.135. The monoisotopic (exact) mass is 581 g/mol. The van der Waals surface area contributed by atoms with Gasteiger partial charge in [0.25, 0.3) is 11.8 Å². The predicted octanol–water partition coefficient (Wildman–Crippen LogP) is 4.83. The second-order valence-electron chi connectivity index (χ2n) is 9.65. The number of hydrogen-bond acceptors (Lipinski definition) is 6. The summed E-state index contributed by atoms with van der Waals surface area (Å²) in [4.78, 5) is 31.7. The van der Waals surface area contributed by atoms with Crippen LogP contribution in [-0.2, 0) is 17.5 Å². The van der Waals surface area contributed by atoms with Gasteiger partial charge in [0.15, 0.2) is 10.8 Å². The fourth-order valence-corrected chi connectivity index (χ4v) is 5.04. The first-order valence-electron chi connectivity index (χ1n) is 12.0. The van der Waals surface area contributed by atoms with Crippen molar-refractivity contribution in [3.63, 3.8) is 0 Å². The lowest BCUT2D eigenvalue weighted by atomic mass is 10.0. The molecule has 0 atom stereocenters. The molecular weight excluding hydrogens is 562 g/mol. The Balaban J connectivity index is 1.38. The molecule has 1 aliphatic heterocycles. The largest absolute Gasteiger partial charge is 0.419 e. The third kappa shape index (κ3) is 4.84. The molecule has 1 fully saturated rings. The number of aromatic amines is 1. The number of alkyl halides is 3. The zero-order valence-electron chi connectivity index (χ0n) is 21.4. The van der Waals surface area contributed by atoms with Gasteiger partial charge in [0.1, 0.15) is 17.4 Å². The smallest absolute Gasteiger partial charge is 0.348 e. The van der Waals surface area contributed by atoms with Gasteiger partial charge in [0.05, 0.1) is 29.2 Å². The van der Waals surface area contributed by atoms with Crippen LogP contribution in [-0.4, -0.2) is 37.6 Å². The van der Waals surface area contributed by atoms with E-state index in [0.29, 0.717) is 11.6 Å². The van der Waals surface area contributed by atoms with Crippen molar-refractivity contribution in [3.8, 4) is 6.07 Å². The maximum Gasteiger partial charge on any atom is 0.419 e. The quantitative estimate of drug-likeness (QED) is 0.256. The highest BCUT2D eigenvalue weighted by Gasteiger charge is 2.51. The third-order valence-electron chi connectivity index (χ3n) is 6.65. The highest BCUT2D eigenvalue weighted by molar-refractivity contribution is 7.81. The first-order chi connectivity index (χ1) is 19.3. The predicted molar refractivity (Wildman–Crippen MR) is 144 cm³/mol. The van der Waals surface area contributed by atoms with Crippen LogP contribution in [0, 0.1) is 17.1 Å². The average molecular weight is 582 g/mol. The first kappa shape index (κ1) is 27.7. The zero-order chi connectivity index (χ0) is 29.7. The molecule has 1 aliphatic rings. The van der Waals surface area contributed by atoms with Crippen molar-refractivity contribution in [1.82, 2.24) is 20.5 Å². The molecule has 0 saturated carbocycles. The molecule has 0 bridgehead atoms. The Morgan fingerprint density at radius 2 is 1.90 bits per heavy atom. The van der Waals surface area contributed by atoms with Gasteiger partial charge in [-0.05, 0) is 62.5 Å². The summed E-state index contributed by atoms with van der Waals surface area (Å²) in [5.41, 5.74) is -2.39. The van der Waals surface area contributed by atoms with Crippen molar-refractivity contribution >= 4 is 51.4 Å². The molecule has 0 aliphatic carbocycles. The molecule has 1 saturated heterocycles. The van der Waals surface area contributed by atoms with E-state index in [1.165, 1.54) is 36.9 Å². The number of carbonyl (C=O) groups excluding carboxylic acids is 2. The number of halogens is 4. The number of anilines is 2. The number of H-pyrrole nitrogens is 1. The molecule has 208 valence electrons. The van der Waals surface area contributed by atoms with E-state index in [1.807, 2.05) is 0 Å². The molecule has 2 N–H and O–H groups in total. The van der Waals surface area contributed by atoms with Gasteiger partial charge in [-0.25, -0.2) is 9.37 Å². The third-order valence-corrected chi connectivity index (χ3v) is 7.01. The first-order valence-corrected chi connectivity index (χ1v) is 12.4. The number of nitrogens with one attached hydrogen (secondary N) is 2. The van der Waals surface area contributed by atoms with E-state index >= 15 is 4.39 Å². The number of nitrogens with zero attached hydrogens (tertiary/aromatic N) is 5. The van der Waals surface area contributed by atoms with E-state index in [1.54, 1.807) is 24.4 Å². The Kier molecular flexibility index (Phi) is 6.70. The van der Waals surface area contributed by atoms with Crippen molar-refractivity contribution in [2.45, 2.75) is 32.1 Å². The Morgan fingerprint density at radius 1 is 1.15 bits per heavy atom. The topological polar surface area (TPSA) is 118 Å². The highest BCUT2D eigenvalue weighted by atomic mass is 32.1. The normalized spacial score (nSPS) is 15.0. The summed E-state index contributed by atoms with van der Waals surface area (Å²) in [6.07, 6.45) is -2.37. The molecular formula is C27H19F4N7O2S. The number of hydrogen-bond donors (Lipinski definition) is 2. The Labute approximate surface area is 235 Å². The van der Waals surface area contributed by atoms with Gasteiger partial charge in [0.2, 0.25) is 0 Å². The number of rotatable bonds is 5. The van der Waals surface area contributed by atoms with E-state index in [0.717, 1.165) is 28.1 Å². The lowest BCUT2D eigenvalue weighted by molar-refractivity contribution is -0.138. The summed E-state index contributed by atoms with van der Waals surface area (Å²) in [6, 6.07) is 11.0. The molecule has 9 nitrogen and oxygen atoms in total. The van der Waals surface area contributed by atoms with Gasteiger partial charge < -0.3 is 10.2 Å². The summed E-state index contributed by atoms with van der Waals surface area (Å²) < 4.78 is 55.8. The van der Waals surface area contributed by atoms with E-state index in [2.05, 4.69) is 20.5 Å². The molecule has 4 aromatic rings. The van der Waals surface area contributed by atoms with Gasteiger partial charge in [-0.1, -0.05) is 6.07 Å². The van der Waals surface area contributed by atoms with Crippen LogP contribution in [0.2, 0.25) is 0 Å². The molecule has 2 aromatic carbocycles. The lowest BCUT2D eigenvalue weighted by Gasteiger charge is -2.29. The van der Waals surface area contributed by atoms with Gasteiger partial charge >= 0.3 is 6.18 Å². The van der Waals surface area contributed by atoms with Crippen molar-refractivity contribution in [2.75, 3.05) is 9.80 Å². The van der Waals surface area contributed by atoms with Crippen LogP contribution in [0.15, 0.2) is 54.9 Å². The summed E-state index contributed by atoms with van der Waals surface area (Å²) in [5.74, 6) is -1.79. The summed E-state index contributed by atoms with van der Waals surface area (Å²) in [6.45, 7) is 2.85. The van der Waals surface area contributed by atoms with E-state index in [9.17, 15) is 22.8 Å². The van der Waals surface area contributed by atoms with Crippen LogP contribution >= 0.6 is 12.2 Å². The molecule has 14 heteroatoms. The molecule has 0 spiro atoms. The van der Waals surface area contributed by atoms with E-state index in [4.69, 9.17) is 17.5 Å². The zero-order valence-corrected chi connectivity index (χ0v) is 22.2. The standard InChI is InChI=1S/C27H19F4N7O2S/c1-26(2)24(40)37(18-8-19(27(29,30)31)22(10-32)33-13-18)25(41)38(26)17-5-3-15(20(28)9-17)11-34-23(39)14-4-6-21-16(7-14)12-35-36-21/h3-9,12-13H,11H2,1-2H3,(H,34,39)(H,35,36). The average Bonchev–Trinajstić information content (AvgIpc) is 3.46. The van der Waals surface area contributed by atoms with Crippen LogP contribution < -0.4 is 15.1 Å². The number of pyridine rings is 1. The number of amides is 2. The molecule has 2 aromatic heterocycles. The maximum atomic E-state index is 15.2. The minimum atomic E-state index is -4.89. The van der Waals surface area contributed by atoms with Crippen LogP contribution in [0.3, 0.4) is 0 Å². The van der Waals surface area contributed by atoms with Gasteiger partial charge in [-0.15, -0.1) is 0 Å². The number of benzene rings is 2. The SMILES string of the molecule is CC1(C)C(=O)N(c2cnc(C#N)c(C(F)(F)F)c2)C(=S)N1c1ccc(CNC(=O)c2ccc3[nH]ncc3c2)c(F)c1. The number of thiocarbonyl (C=S) groups is 1. The Bertz CT molecular complexity index is 1780. The number of fused-ring (bicyclic) bond motifs is 1. The van der Waals surface area contributed by atoms with E-state index < -0.39 is 40.6 Å². The fourth-order valence-electron chi connectivity index (χ4n) is 4.52. The highest BCUT2D eigenvalue weighted by Crippen LogP contribution is 2.39. The van der Waals surface area contributed by atoms with Crippen LogP contribution in [0.5, 0.6) is 0 Å². The van der Waals surface area contributed by atoms with Gasteiger partial charge in [-0.3, -0.25) is 19.6 Å². The Hall–Kier alpha value is -4.90. The Morgan fingerprint density at radius 3 is 2.59 bits per heavy atom. The summed E-state index contributed by atoms with van der Waals surface area (Å²) in [7, 11) is 0. The molecule has 41 heavy (non-hydrogen) atoms. The second-order valence-corrected chi connectivity index (χ2v) is 10.0. The molecule has 0 radical (unpaired) electrons. The molecule has 3 heterocycles. The van der Waals surface area contributed by atoms with E-state index in [-0.39, 0.29) is 28.6 Å². The van der Waals surface area contributed by atoms with Crippen molar-refractivity contribution < 1.29 is 27.2 Å². The lowest BCUT2D eigenvalue weighted by Crippen LogP contribution is -2.44. The molecule has 0 unspecified atom stereocenters.